The van der Waals surface area contributed by atoms with Gasteiger partial charge in [-0.2, -0.15) is 0 Å². The van der Waals surface area contributed by atoms with Crippen molar-refractivity contribution in [2.24, 2.45) is 0 Å². The van der Waals surface area contributed by atoms with Gasteiger partial charge in [0.25, 0.3) is 0 Å². The maximum absolute atomic E-state index is 3.92. The van der Waals surface area contributed by atoms with Crippen LogP contribution in [0.3, 0.4) is 0 Å². The minimum atomic E-state index is -1.59. The van der Waals surface area contributed by atoms with Crippen LogP contribution in [0.15, 0.2) is 21.3 Å². The van der Waals surface area contributed by atoms with Crippen molar-refractivity contribution in [3.05, 3.63) is 21.3 Å². The van der Waals surface area contributed by atoms with Crippen LogP contribution in [0, 0.1) is 0 Å². The molecule has 0 atom stereocenters. The maximum atomic E-state index is 3.92. The van der Waals surface area contributed by atoms with Gasteiger partial charge in [-0.1, -0.05) is 0 Å². The fraction of sp³-hybridized carbons (Fsp3) is 0.733. The Morgan fingerprint density at radius 3 is 2.00 bits per heavy atom. The molecular formula is C15H32MoN3Si. The van der Waals surface area contributed by atoms with E-state index in [1.54, 1.807) is 9.16 Å². The van der Waals surface area contributed by atoms with Crippen LogP contribution in [0.5, 0.6) is 0 Å². The number of rotatable bonds is 5. The van der Waals surface area contributed by atoms with E-state index in [2.05, 4.69) is 86.1 Å². The Labute approximate surface area is 133 Å². The number of hydrogen-bond donors (Lipinski definition) is 1. The molecule has 0 unspecified atom stereocenters. The van der Waals surface area contributed by atoms with Crippen LogP contribution in [-0.2, 0) is 17.8 Å². The van der Waals surface area contributed by atoms with Crippen molar-refractivity contribution in [1.29, 1.82) is 0 Å². The molecule has 0 aromatic heterocycles. The average molecular weight is 378 g/mol. The first-order valence-electron chi connectivity index (χ1n) is 7.24. The van der Waals surface area contributed by atoms with Gasteiger partial charge in [0.2, 0.25) is 0 Å². The zero-order valence-corrected chi connectivity index (χ0v) is 17.7. The van der Waals surface area contributed by atoms with Gasteiger partial charge in [0.1, 0.15) is 0 Å². The molecule has 0 amide bonds. The molecule has 20 heavy (non-hydrogen) atoms. The van der Waals surface area contributed by atoms with Crippen molar-refractivity contribution >= 4 is 8.24 Å². The van der Waals surface area contributed by atoms with E-state index in [4.69, 9.17) is 0 Å². The molecule has 0 saturated carbocycles. The van der Waals surface area contributed by atoms with E-state index in [0.717, 1.165) is 6.42 Å². The molecule has 3 nitrogen and oxygen atoms in total. The molecule has 0 aromatic rings. The third kappa shape index (κ3) is 4.64. The van der Waals surface area contributed by atoms with Crippen LogP contribution in [0.1, 0.15) is 27.2 Å². The molecule has 0 fully saturated rings. The topological polar surface area (TPSA) is 18.5 Å². The van der Waals surface area contributed by atoms with Crippen molar-refractivity contribution in [2.45, 2.75) is 45.8 Å². The van der Waals surface area contributed by atoms with Crippen molar-refractivity contribution < 1.29 is 17.8 Å². The van der Waals surface area contributed by atoms with Gasteiger partial charge in [0.15, 0.2) is 0 Å². The molecule has 1 N–H and O–H groups in total. The molecule has 0 heterocycles. The van der Waals surface area contributed by atoms with E-state index >= 15 is 0 Å². The summed E-state index contributed by atoms with van der Waals surface area (Å²) in [6.45, 7) is 11.7. The molecular weight excluding hydrogens is 346 g/mol. The van der Waals surface area contributed by atoms with Crippen molar-refractivity contribution in [3.63, 3.8) is 0 Å². The fourth-order valence-corrected chi connectivity index (χ4v) is 13.8. The molecule has 117 valence electrons. The van der Waals surface area contributed by atoms with Crippen molar-refractivity contribution in [3.8, 4) is 0 Å². The molecule has 0 radical (unpaired) electrons. The van der Waals surface area contributed by atoms with Gasteiger partial charge in [-0.15, -0.1) is 0 Å². The van der Waals surface area contributed by atoms with Gasteiger partial charge in [-0.05, 0) is 0 Å². The van der Waals surface area contributed by atoms with Crippen molar-refractivity contribution in [1.82, 2.24) is 11.9 Å². The average Bonchev–Trinajstić information content (AvgIpc) is 2.61. The molecule has 0 aliphatic heterocycles. The predicted molar refractivity (Wildman–Crippen MR) is 88.5 cm³/mol. The Morgan fingerprint density at radius 1 is 1.10 bits per heavy atom. The Balaban J connectivity index is 3.17. The summed E-state index contributed by atoms with van der Waals surface area (Å²) in [6, 6.07) is 0. The van der Waals surface area contributed by atoms with Crippen molar-refractivity contribution in [2.75, 3.05) is 28.2 Å². The third-order valence-corrected chi connectivity index (χ3v) is 12.3. The van der Waals surface area contributed by atoms with E-state index in [1.807, 2.05) is 0 Å². The summed E-state index contributed by atoms with van der Waals surface area (Å²) in [5.41, 5.74) is 0.182. The van der Waals surface area contributed by atoms with Crippen LogP contribution in [0.25, 0.3) is 0 Å². The molecule has 0 aromatic carbocycles. The van der Waals surface area contributed by atoms with Crippen LogP contribution in [0.2, 0.25) is 13.1 Å². The molecule has 0 saturated heterocycles. The van der Waals surface area contributed by atoms with Crippen LogP contribution < -0.4 is 4.98 Å². The first kappa shape index (κ1) is 18.3. The summed E-state index contributed by atoms with van der Waals surface area (Å²) in [7, 11) is 7.38. The second-order valence-corrected chi connectivity index (χ2v) is 17.5. The fourth-order valence-electron chi connectivity index (χ4n) is 2.99. The number of hydrogen-bond acceptors (Lipinski definition) is 3. The van der Waals surface area contributed by atoms with Crippen LogP contribution >= 0.6 is 0 Å². The van der Waals surface area contributed by atoms with E-state index in [0.29, 0.717) is 0 Å². The summed E-state index contributed by atoms with van der Waals surface area (Å²) in [5.74, 6) is 0. The molecule has 1 rings (SSSR count). The Kier molecular flexibility index (Phi) is 6.02. The quantitative estimate of drug-likeness (QED) is 0.742. The van der Waals surface area contributed by atoms with E-state index in [1.165, 1.54) is 0 Å². The zero-order chi connectivity index (χ0) is 15.7. The molecule has 1 aliphatic rings. The van der Waals surface area contributed by atoms with E-state index in [-0.39, 0.29) is 5.54 Å². The summed E-state index contributed by atoms with van der Waals surface area (Å²) in [4.78, 5) is 3.92. The third-order valence-electron chi connectivity index (χ3n) is 3.16. The second kappa shape index (κ2) is 6.58. The van der Waals surface area contributed by atoms with E-state index in [9.17, 15) is 0 Å². The normalized spacial score (nSPS) is 17.2. The zero-order valence-electron chi connectivity index (χ0n) is 14.7. The first-order chi connectivity index (χ1) is 8.96. The minimum absolute atomic E-state index is 0.182. The van der Waals surface area contributed by atoms with E-state index < -0.39 is 26.0 Å². The first-order valence-corrected chi connectivity index (χ1v) is 13.0. The number of allylic oxidation sites excluding steroid dienone is 4. The monoisotopic (exact) mass is 380 g/mol. The summed E-state index contributed by atoms with van der Waals surface area (Å²) >= 11 is -1.53. The summed E-state index contributed by atoms with van der Waals surface area (Å²) < 4.78 is 6.69. The molecule has 0 spiro atoms. The predicted octanol–water partition coefficient (Wildman–Crippen LogP) is 2.90. The van der Waals surface area contributed by atoms with Crippen LogP contribution in [-0.4, -0.2) is 48.9 Å². The van der Waals surface area contributed by atoms with Gasteiger partial charge in [0.05, 0.1) is 0 Å². The summed E-state index contributed by atoms with van der Waals surface area (Å²) in [5, 5.41) is 1.64. The van der Waals surface area contributed by atoms with Gasteiger partial charge < -0.3 is 0 Å². The Hall–Kier alpha value is 0.265. The Bertz CT molecular complexity index is 398. The van der Waals surface area contributed by atoms with Gasteiger partial charge in [-0.3, -0.25) is 0 Å². The summed E-state index contributed by atoms with van der Waals surface area (Å²) in [6.07, 6.45) is 5.93. The second-order valence-electron chi connectivity index (χ2n) is 7.33. The SMILES string of the molecule is C[N](C)[Mo]([C]1=C([Si](C)(C)NC(C)(C)C)C=CC1)[N](C)C. The molecule has 1 aliphatic carbocycles. The molecule has 5 heteroatoms. The van der Waals surface area contributed by atoms with Gasteiger partial charge in [0, 0.05) is 0 Å². The van der Waals surface area contributed by atoms with Gasteiger partial charge >= 0.3 is 133 Å². The number of nitrogens with one attached hydrogen (secondary N) is 1. The number of nitrogens with zero attached hydrogens (tertiary/aromatic N) is 2. The Morgan fingerprint density at radius 2 is 1.60 bits per heavy atom. The standard InChI is InChI=1S/C11H20NSi.2C2H6N.Mo/c1-11(2,3)12-13(4,5)10-8-6-7-9-10;2*1-3-2;/h6,8,12H,7H2,1-5H3;2*1-2H3;/q;2*-1;+2. The van der Waals surface area contributed by atoms with Gasteiger partial charge in [-0.25, -0.2) is 0 Å². The van der Waals surface area contributed by atoms with Crippen LogP contribution in [0.4, 0.5) is 0 Å². The molecule has 0 bridgehead atoms.